The van der Waals surface area contributed by atoms with E-state index < -0.39 is 0 Å². The lowest BCUT2D eigenvalue weighted by Gasteiger charge is -2.01. The molecule has 1 aromatic rings. The van der Waals surface area contributed by atoms with Crippen molar-refractivity contribution in [2.45, 2.75) is 6.92 Å². The second kappa shape index (κ2) is 3.36. The highest BCUT2D eigenvalue weighted by Crippen LogP contribution is 2.20. The van der Waals surface area contributed by atoms with Gasteiger partial charge in [-0.15, -0.1) is 0 Å². The third kappa shape index (κ3) is 1.71. The molecule has 0 aliphatic carbocycles. The van der Waals surface area contributed by atoms with Gasteiger partial charge in [0.15, 0.2) is 0 Å². The first-order valence-electron chi connectivity index (χ1n) is 2.97. The van der Waals surface area contributed by atoms with E-state index in [1.807, 2.05) is 12.1 Å². The second-order valence-corrected chi connectivity index (χ2v) is 3.25. The van der Waals surface area contributed by atoms with E-state index in [2.05, 4.69) is 43.4 Å². The largest absolute Gasteiger partial charge is 0.369 e. The summed E-state index contributed by atoms with van der Waals surface area (Å²) < 4.78 is 1.15. The Hall–Kier alpha value is -0.0700. The van der Waals surface area contributed by atoms with Gasteiger partial charge in [0.25, 0.3) is 0 Å². The minimum absolute atomic E-state index is 1.12. The minimum Gasteiger partial charge on any atom is -0.369 e. The molecule has 0 aromatic heterocycles. The molecule has 0 fully saturated rings. The molecule has 0 heterocycles. The standard InChI is InChI=1S/C7H9BrNP/c1-5-4-6(9-10)2-3-7(5)8/h2-4,9H,10H2,1H3. The lowest BCUT2D eigenvalue weighted by Crippen LogP contribution is -1.80. The van der Waals surface area contributed by atoms with Gasteiger partial charge in [0.05, 0.1) is 0 Å². The van der Waals surface area contributed by atoms with Crippen LogP contribution in [0.3, 0.4) is 0 Å². The molecular weight excluding hydrogens is 209 g/mol. The number of nitrogens with one attached hydrogen (secondary N) is 1. The van der Waals surface area contributed by atoms with Gasteiger partial charge in [-0.3, -0.25) is 0 Å². The van der Waals surface area contributed by atoms with Gasteiger partial charge in [-0.05, 0) is 40.1 Å². The molecule has 0 amide bonds. The molecular formula is C7H9BrNP. The maximum atomic E-state index is 3.42. The van der Waals surface area contributed by atoms with Gasteiger partial charge in [0.1, 0.15) is 0 Å². The molecule has 0 saturated carbocycles. The number of hydrogen-bond donors (Lipinski definition) is 1. The Kier molecular flexibility index (Phi) is 2.70. The fraction of sp³-hybridized carbons (Fsp3) is 0.143. The van der Waals surface area contributed by atoms with Crippen LogP contribution in [0.1, 0.15) is 5.56 Å². The summed E-state index contributed by atoms with van der Waals surface area (Å²) in [5.41, 5.74) is 2.36. The average Bonchev–Trinajstić information content (AvgIpc) is 1.95. The molecule has 0 radical (unpaired) electrons. The number of rotatable bonds is 1. The van der Waals surface area contributed by atoms with Crippen LogP contribution in [0.25, 0.3) is 0 Å². The van der Waals surface area contributed by atoms with Crippen LogP contribution in [-0.2, 0) is 0 Å². The summed E-state index contributed by atoms with van der Waals surface area (Å²) in [6.45, 7) is 2.07. The molecule has 1 N–H and O–H groups in total. The van der Waals surface area contributed by atoms with Gasteiger partial charge in [0.2, 0.25) is 0 Å². The van der Waals surface area contributed by atoms with Crippen molar-refractivity contribution in [2.75, 3.05) is 5.09 Å². The second-order valence-electron chi connectivity index (χ2n) is 2.11. The molecule has 0 bridgehead atoms. The van der Waals surface area contributed by atoms with Crippen LogP contribution >= 0.6 is 25.3 Å². The van der Waals surface area contributed by atoms with E-state index in [-0.39, 0.29) is 0 Å². The van der Waals surface area contributed by atoms with Gasteiger partial charge in [0, 0.05) is 10.2 Å². The van der Waals surface area contributed by atoms with E-state index in [0.29, 0.717) is 0 Å². The Bertz CT molecular complexity index is 237. The predicted octanol–water partition coefficient (Wildman–Crippen LogP) is 2.96. The van der Waals surface area contributed by atoms with E-state index >= 15 is 0 Å². The molecule has 0 aliphatic rings. The van der Waals surface area contributed by atoms with Crippen molar-refractivity contribution < 1.29 is 0 Å². The van der Waals surface area contributed by atoms with E-state index in [1.165, 1.54) is 5.56 Å². The highest BCUT2D eigenvalue weighted by atomic mass is 79.9. The molecule has 1 rings (SSSR count). The quantitative estimate of drug-likeness (QED) is 0.714. The average molecular weight is 218 g/mol. The van der Waals surface area contributed by atoms with Crippen molar-refractivity contribution in [3.63, 3.8) is 0 Å². The third-order valence-corrected chi connectivity index (χ3v) is 2.55. The predicted molar refractivity (Wildman–Crippen MR) is 52.2 cm³/mol. The third-order valence-electron chi connectivity index (χ3n) is 1.32. The normalized spacial score (nSPS) is 9.50. The summed E-state index contributed by atoms with van der Waals surface area (Å²) in [6.07, 6.45) is 0. The Labute approximate surface area is 71.6 Å². The lowest BCUT2D eigenvalue weighted by atomic mass is 10.2. The SMILES string of the molecule is Cc1cc(NP)ccc1Br. The van der Waals surface area contributed by atoms with Crippen LogP contribution in [0.2, 0.25) is 0 Å². The van der Waals surface area contributed by atoms with Gasteiger partial charge in [-0.1, -0.05) is 15.9 Å². The molecule has 0 saturated heterocycles. The van der Waals surface area contributed by atoms with E-state index in [4.69, 9.17) is 0 Å². The zero-order valence-electron chi connectivity index (χ0n) is 5.69. The first-order valence-corrected chi connectivity index (χ1v) is 4.34. The molecule has 3 heteroatoms. The summed E-state index contributed by atoms with van der Waals surface area (Å²) in [5, 5.41) is 2.99. The minimum atomic E-state index is 1.12. The van der Waals surface area contributed by atoms with Crippen molar-refractivity contribution in [1.82, 2.24) is 0 Å². The molecule has 0 aliphatic heterocycles. The zero-order chi connectivity index (χ0) is 7.56. The van der Waals surface area contributed by atoms with Crippen LogP contribution in [0, 0.1) is 6.92 Å². The molecule has 1 nitrogen and oxygen atoms in total. The van der Waals surface area contributed by atoms with Gasteiger partial charge in [-0.25, -0.2) is 0 Å². The van der Waals surface area contributed by atoms with Crippen molar-refractivity contribution in [1.29, 1.82) is 0 Å². The monoisotopic (exact) mass is 217 g/mol. The van der Waals surface area contributed by atoms with Crippen molar-refractivity contribution in [3.8, 4) is 0 Å². The van der Waals surface area contributed by atoms with Gasteiger partial charge >= 0.3 is 0 Å². The topological polar surface area (TPSA) is 12.0 Å². The molecule has 1 aromatic carbocycles. The summed E-state index contributed by atoms with van der Waals surface area (Å²) in [6, 6.07) is 6.13. The number of halogens is 1. The Balaban J connectivity index is 3.04. The van der Waals surface area contributed by atoms with Crippen LogP contribution in [0.5, 0.6) is 0 Å². The summed E-state index contributed by atoms with van der Waals surface area (Å²) in [4.78, 5) is 0. The van der Waals surface area contributed by atoms with Crippen molar-refractivity contribution >= 4 is 31.0 Å². The number of aryl methyl sites for hydroxylation is 1. The Morgan fingerprint density at radius 1 is 1.50 bits per heavy atom. The summed E-state index contributed by atoms with van der Waals surface area (Å²) in [7, 11) is 2.47. The van der Waals surface area contributed by atoms with Gasteiger partial charge in [-0.2, -0.15) is 0 Å². The zero-order valence-corrected chi connectivity index (χ0v) is 8.43. The maximum absolute atomic E-state index is 3.42. The fourth-order valence-electron chi connectivity index (χ4n) is 0.734. The van der Waals surface area contributed by atoms with E-state index in [0.717, 1.165) is 10.2 Å². The highest BCUT2D eigenvalue weighted by molar-refractivity contribution is 9.10. The molecule has 0 spiro atoms. The number of benzene rings is 1. The number of anilines is 1. The molecule has 1 unspecified atom stereocenters. The first kappa shape index (κ1) is 8.03. The maximum Gasteiger partial charge on any atom is 0.0372 e. The van der Waals surface area contributed by atoms with Crippen LogP contribution in [-0.4, -0.2) is 0 Å². The van der Waals surface area contributed by atoms with Gasteiger partial charge < -0.3 is 5.09 Å². The first-order chi connectivity index (χ1) is 4.74. The summed E-state index contributed by atoms with van der Waals surface area (Å²) in [5.74, 6) is 0. The van der Waals surface area contributed by atoms with Crippen LogP contribution in [0.15, 0.2) is 22.7 Å². The van der Waals surface area contributed by atoms with Crippen molar-refractivity contribution in [2.24, 2.45) is 0 Å². The Morgan fingerprint density at radius 3 is 2.70 bits per heavy atom. The molecule has 1 atom stereocenters. The van der Waals surface area contributed by atoms with E-state index in [9.17, 15) is 0 Å². The molecule has 54 valence electrons. The van der Waals surface area contributed by atoms with Crippen molar-refractivity contribution in [3.05, 3.63) is 28.2 Å². The summed E-state index contributed by atoms with van der Waals surface area (Å²) >= 11 is 3.42. The lowest BCUT2D eigenvalue weighted by molar-refractivity contribution is 1.43. The smallest absolute Gasteiger partial charge is 0.0372 e. The fourth-order valence-corrected chi connectivity index (χ4v) is 1.16. The van der Waals surface area contributed by atoms with E-state index in [1.54, 1.807) is 0 Å². The Morgan fingerprint density at radius 2 is 2.20 bits per heavy atom. The van der Waals surface area contributed by atoms with Crippen LogP contribution in [0.4, 0.5) is 5.69 Å². The number of hydrogen-bond acceptors (Lipinski definition) is 1. The highest BCUT2D eigenvalue weighted by Gasteiger charge is 1.93. The molecule has 10 heavy (non-hydrogen) atoms. The van der Waals surface area contributed by atoms with Crippen LogP contribution < -0.4 is 5.09 Å².